The molecule has 7 heteroatoms. The molecule has 1 aliphatic heterocycles. The largest absolute Gasteiger partial charge is 0.383 e. The normalized spacial score (nSPS) is 19.4. The van der Waals surface area contributed by atoms with Crippen molar-refractivity contribution in [2.75, 3.05) is 51.3 Å². The number of aryl methyl sites for hydroxylation is 1. The summed E-state index contributed by atoms with van der Waals surface area (Å²) in [6.45, 7) is 5.85. The van der Waals surface area contributed by atoms with Crippen LogP contribution in [0.3, 0.4) is 0 Å². The third-order valence-electron chi connectivity index (χ3n) is 5.07. The molecule has 0 aromatic carbocycles. The smallest absolute Gasteiger partial charge is 0.206 e. The fourth-order valence-corrected chi connectivity index (χ4v) is 3.68. The van der Waals surface area contributed by atoms with Crippen LogP contribution in [0, 0.1) is 0 Å². The van der Waals surface area contributed by atoms with Crippen molar-refractivity contribution in [3.8, 4) is 0 Å². The first-order valence-electron chi connectivity index (χ1n) is 8.66. The Labute approximate surface area is 147 Å². The van der Waals surface area contributed by atoms with Crippen LogP contribution < -0.4 is 4.90 Å². The fraction of sp³-hybridized carbons (Fsp3) is 0.647. The monoisotopic (exact) mass is 349 g/mol. The average molecular weight is 350 g/mol. The summed E-state index contributed by atoms with van der Waals surface area (Å²) in [7, 11) is 3.83. The van der Waals surface area contributed by atoms with Crippen molar-refractivity contribution in [1.82, 2.24) is 19.4 Å². The Balaban J connectivity index is 1.59. The minimum Gasteiger partial charge on any atom is -0.383 e. The van der Waals surface area contributed by atoms with Crippen LogP contribution in [0.4, 0.5) is 5.95 Å². The molecule has 2 aliphatic rings. The summed E-state index contributed by atoms with van der Waals surface area (Å²) in [5, 5.41) is 0.573. The van der Waals surface area contributed by atoms with E-state index in [0.29, 0.717) is 11.1 Å². The van der Waals surface area contributed by atoms with Crippen LogP contribution >= 0.6 is 11.6 Å². The second-order valence-electron chi connectivity index (χ2n) is 6.76. The van der Waals surface area contributed by atoms with Crippen LogP contribution in [-0.4, -0.2) is 65.9 Å². The van der Waals surface area contributed by atoms with Crippen LogP contribution in [-0.2, 0) is 11.8 Å². The highest BCUT2D eigenvalue weighted by molar-refractivity contribution is 6.30. The van der Waals surface area contributed by atoms with Gasteiger partial charge >= 0.3 is 0 Å². The van der Waals surface area contributed by atoms with E-state index in [9.17, 15) is 0 Å². The van der Waals surface area contributed by atoms with Crippen LogP contribution in [0.25, 0.3) is 11.0 Å². The molecule has 0 N–H and O–H groups in total. The lowest BCUT2D eigenvalue weighted by atomic mass is 10.2. The third kappa shape index (κ3) is 2.98. The Morgan fingerprint density at radius 2 is 1.96 bits per heavy atom. The number of nitrogens with zero attached hydrogens (tertiary/aromatic N) is 5. The van der Waals surface area contributed by atoms with Crippen molar-refractivity contribution in [3.05, 3.63) is 16.9 Å². The molecule has 6 nitrogen and oxygen atoms in total. The molecule has 0 bridgehead atoms. The Morgan fingerprint density at radius 3 is 2.62 bits per heavy atom. The van der Waals surface area contributed by atoms with E-state index < -0.39 is 0 Å². The topological polar surface area (TPSA) is 46.4 Å². The third-order valence-corrected chi connectivity index (χ3v) is 5.27. The van der Waals surface area contributed by atoms with E-state index in [2.05, 4.69) is 26.4 Å². The van der Waals surface area contributed by atoms with Crippen molar-refractivity contribution in [2.45, 2.75) is 18.8 Å². The minimum atomic E-state index is 0.542. The van der Waals surface area contributed by atoms with Gasteiger partial charge in [-0.3, -0.25) is 4.90 Å². The second-order valence-corrected chi connectivity index (χ2v) is 7.15. The zero-order valence-corrected chi connectivity index (χ0v) is 15.1. The van der Waals surface area contributed by atoms with Gasteiger partial charge in [-0.05, 0) is 12.8 Å². The highest BCUT2D eigenvalue weighted by Gasteiger charge is 2.30. The molecule has 1 saturated heterocycles. The first-order chi connectivity index (χ1) is 11.7. The van der Waals surface area contributed by atoms with Gasteiger partial charge in [0.15, 0.2) is 0 Å². The molecule has 4 rings (SSSR count). The Morgan fingerprint density at radius 1 is 1.21 bits per heavy atom. The van der Waals surface area contributed by atoms with E-state index in [4.69, 9.17) is 21.3 Å². The van der Waals surface area contributed by atoms with Crippen LogP contribution in [0.5, 0.6) is 0 Å². The summed E-state index contributed by atoms with van der Waals surface area (Å²) in [5.74, 6) is 1.57. The molecular weight excluding hydrogens is 326 g/mol. The van der Waals surface area contributed by atoms with Gasteiger partial charge in [-0.15, -0.1) is 0 Å². The first kappa shape index (κ1) is 16.1. The van der Waals surface area contributed by atoms with Gasteiger partial charge in [-0.2, -0.15) is 0 Å². The fourth-order valence-electron chi connectivity index (χ4n) is 3.48. The number of ether oxygens (including phenoxy) is 1. The minimum absolute atomic E-state index is 0.542. The maximum absolute atomic E-state index is 6.25. The quantitative estimate of drug-likeness (QED) is 0.775. The maximum Gasteiger partial charge on any atom is 0.206 e. The number of hydrogen-bond acceptors (Lipinski definition) is 5. The molecule has 130 valence electrons. The van der Waals surface area contributed by atoms with Gasteiger partial charge in [0.25, 0.3) is 0 Å². The molecule has 24 heavy (non-hydrogen) atoms. The number of hydrogen-bond donors (Lipinski definition) is 0. The van der Waals surface area contributed by atoms with E-state index in [0.717, 1.165) is 62.0 Å². The molecule has 2 fully saturated rings. The van der Waals surface area contributed by atoms with E-state index in [-0.39, 0.29) is 0 Å². The van der Waals surface area contributed by atoms with Gasteiger partial charge in [-0.1, -0.05) is 11.6 Å². The number of imidazole rings is 1. The second kappa shape index (κ2) is 6.50. The molecule has 3 heterocycles. The van der Waals surface area contributed by atoms with Crippen molar-refractivity contribution < 1.29 is 4.74 Å². The molecular formula is C17H24ClN5O. The van der Waals surface area contributed by atoms with Crippen molar-refractivity contribution >= 4 is 28.6 Å². The summed E-state index contributed by atoms with van der Waals surface area (Å²) >= 11 is 6.25. The maximum atomic E-state index is 6.25. The lowest BCUT2D eigenvalue weighted by molar-refractivity contribution is 0.143. The molecule has 0 unspecified atom stereocenters. The van der Waals surface area contributed by atoms with Crippen LogP contribution in [0.1, 0.15) is 24.5 Å². The van der Waals surface area contributed by atoms with E-state index >= 15 is 0 Å². The molecule has 0 radical (unpaired) electrons. The van der Waals surface area contributed by atoms with E-state index in [1.54, 1.807) is 7.11 Å². The standard InChI is InChI=1S/C17H24ClN5O/c1-21-13-11-14(18)19-15(12-3-4-12)16(13)20-17(21)23-7-5-22(6-8-23)9-10-24-2/h11-12H,3-10H2,1-2H3. The SMILES string of the molecule is COCCN1CCN(c2nc3c(C4CC4)nc(Cl)cc3n2C)CC1. The zero-order chi connectivity index (χ0) is 16.7. The summed E-state index contributed by atoms with van der Waals surface area (Å²) in [6.07, 6.45) is 2.40. The van der Waals surface area contributed by atoms with Crippen molar-refractivity contribution in [1.29, 1.82) is 0 Å². The summed E-state index contributed by atoms with van der Waals surface area (Å²) in [6, 6.07) is 1.94. The number of fused-ring (bicyclic) bond motifs is 1. The van der Waals surface area contributed by atoms with Gasteiger partial charge in [-0.25, -0.2) is 9.97 Å². The molecule has 0 spiro atoms. The Hall–Kier alpha value is -1.37. The first-order valence-corrected chi connectivity index (χ1v) is 9.04. The predicted molar refractivity (Wildman–Crippen MR) is 96.0 cm³/mol. The number of methoxy groups -OCH3 is 1. The number of anilines is 1. The zero-order valence-electron chi connectivity index (χ0n) is 14.3. The molecule has 1 aliphatic carbocycles. The highest BCUT2D eigenvalue weighted by atomic mass is 35.5. The van der Waals surface area contributed by atoms with Gasteiger partial charge in [0.05, 0.1) is 17.8 Å². The predicted octanol–water partition coefficient (Wildman–Crippen LogP) is 2.27. The summed E-state index contributed by atoms with van der Waals surface area (Å²) in [5.41, 5.74) is 3.20. The molecule has 0 atom stereocenters. The lowest BCUT2D eigenvalue weighted by Crippen LogP contribution is -2.48. The number of pyridine rings is 1. The number of rotatable bonds is 5. The number of aromatic nitrogens is 3. The van der Waals surface area contributed by atoms with E-state index in [1.165, 1.54) is 12.8 Å². The summed E-state index contributed by atoms with van der Waals surface area (Å²) < 4.78 is 7.34. The molecule has 0 amide bonds. The average Bonchev–Trinajstić information content (AvgIpc) is 3.38. The van der Waals surface area contributed by atoms with Gasteiger partial charge < -0.3 is 14.2 Å². The highest BCUT2D eigenvalue weighted by Crippen LogP contribution is 2.43. The van der Waals surface area contributed by atoms with Crippen LogP contribution in [0.15, 0.2) is 6.07 Å². The molecule has 2 aromatic heterocycles. The van der Waals surface area contributed by atoms with Gasteiger partial charge in [0, 0.05) is 58.9 Å². The van der Waals surface area contributed by atoms with E-state index in [1.807, 2.05) is 6.07 Å². The van der Waals surface area contributed by atoms with Crippen molar-refractivity contribution in [3.63, 3.8) is 0 Å². The van der Waals surface area contributed by atoms with Crippen molar-refractivity contribution in [2.24, 2.45) is 7.05 Å². The number of piperazine rings is 1. The van der Waals surface area contributed by atoms with Crippen LogP contribution in [0.2, 0.25) is 5.15 Å². The van der Waals surface area contributed by atoms with Gasteiger partial charge in [0.1, 0.15) is 10.7 Å². The molecule has 1 saturated carbocycles. The molecule has 2 aromatic rings. The Bertz CT molecular complexity index is 734. The lowest BCUT2D eigenvalue weighted by Gasteiger charge is -2.35. The van der Waals surface area contributed by atoms with Gasteiger partial charge in [0.2, 0.25) is 5.95 Å². The number of halogens is 1. The Kier molecular flexibility index (Phi) is 4.37. The summed E-state index contributed by atoms with van der Waals surface area (Å²) in [4.78, 5) is 14.3.